The Bertz CT molecular complexity index is 500. The largest absolute Gasteiger partial charge is 0.480 e. The number of carbonyl (C=O) groups excluding carboxylic acids is 1. The van der Waals surface area contributed by atoms with Gasteiger partial charge in [-0.2, -0.15) is 0 Å². The molecule has 1 N–H and O–H groups in total. The molecule has 0 aromatic heterocycles. The van der Waals surface area contributed by atoms with E-state index in [1.165, 1.54) is 7.11 Å². The Balaban J connectivity index is 2.12. The first-order valence-electron chi connectivity index (χ1n) is 6.76. The van der Waals surface area contributed by atoms with E-state index in [4.69, 9.17) is 4.74 Å². The van der Waals surface area contributed by atoms with Crippen LogP contribution in [0.25, 0.3) is 0 Å². The summed E-state index contributed by atoms with van der Waals surface area (Å²) < 4.78 is 4.69. The average molecular weight is 277 g/mol. The molecule has 108 valence electrons. The summed E-state index contributed by atoms with van der Waals surface area (Å²) in [5.41, 5.74) is 1.43. The number of carboxylic acids is 1. The number of rotatable bonds is 4. The van der Waals surface area contributed by atoms with Gasteiger partial charge in [0, 0.05) is 6.54 Å². The van der Waals surface area contributed by atoms with Crippen molar-refractivity contribution >= 4 is 11.9 Å². The molecule has 1 aromatic carbocycles. The Morgan fingerprint density at radius 1 is 1.40 bits per heavy atom. The highest BCUT2D eigenvalue weighted by atomic mass is 16.5. The molecule has 1 unspecified atom stereocenters. The summed E-state index contributed by atoms with van der Waals surface area (Å²) in [6.07, 6.45) is 2.65. The molecule has 0 spiro atoms. The number of carboxylic acid groups (broad SMARTS) is 1. The minimum atomic E-state index is -0.770. The van der Waals surface area contributed by atoms with Crippen LogP contribution in [0.3, 0.4) is 0 Å². The van der Waals surface area contributed by atoms with E-state index in [-0.39, 0.29) is 5.97 Å². The van der Waals surface area contributed by atoms with E-state index in [1.807, 2.05) is 11.0 Å². The van der Waals surface area contributed by atoms with Crippen LogP contribution in [0.15, 0.2) is 24.3 Å². The maximum Gasteiger partial charge on any atom is 0.337 e. The Morgan fingerprint density at radius 3 is 2.90 bits per heavy atom. The zero-order chi connectivity index (χ0) is 14.5. The van der Waals surface area contributed by atoms with Gasteiger partial charge in [0.15, 0.2) is 0 Å². The van der Waals surface area contributed by atoms with Gasteiger partial charge in [0.05, 0.1) is 12.7 Å². The number of carbonyl (C=O) groups is 2. The van der Waals surface area contributed by atoms with E-state index in [1.54, 1.807) is 18.2 Å². The molecule has 1 aliphatic rings. The van der Waals surface area contributed by atoms with Crippen molar-refractivity contribution in [3.8, 4) is 0 Å². The molecule has 5 nitrogen and oxygen atoms in total. The van der Waals surface area contributed by atoms with E-state index in [9.17, 15) is 14.7 Å². The van der Waals surface area contributed by atoms with Gasteiger partial charge < -0.3 is 9.84 Å². The molecular formula is C15H19NO4. The Morgan fingerprint density at radius 2 is 2.20 bits per heavy atom. The van der Waals surface area contributed by atoms with Crippen molar-refractivity contribution in [2.75, 3.05) is 13.7 Å². The zero-order valence-electron chi connectivity index (χ0n) is 11.5. The van der Waals surface area contributed by atoms with Crippen LogP contribution < -0.4 is 0 Å². The quantitative estimate of drug-likeness (QED) is 0.852. The van der Waals surface area contributed by atoms with Gasteiger partial charge in [-0.3, -0.25) is 9.69 Å². The summed E-state index contributed by atoms with van der Waals surface area (Å²) in [6.45, 7) is 1.32. The first-order valence-corrected chi connectivity index (χ1v) is 6.76. The molecular weight excluding hydrogens is 258 g/mol. The van der Waals surface area contributed by atoms with E-state index >= 15 is 0 Å². The number of benzene rings is 1. The summed E-state index contributed by atoms with van der Waals surface area (Å²) >= 11 is 0. The van der Waals surface area contributed by atoms with Crippen molar-refractivity contribution in [1.82, 2.24) is 4.90 Å². The number of likely N-dealkylation sites (tertiary alicyclic amines) is 1. The lowest BCUT2D eigenvalue weighted by Gasteiger charge is -2.32. The maximum absolute atomic E-state index is 11.5. The second-order valence-corrected chi connectivity index (χ2v) is 5.01. The third-order valence-electron chi connectivity index (χ3n) is 3.63. The van der Waals surface area contributed by atoms with Crippen LogP contribution in [0.2, 0.25) is 0 Å². The van der Waals surface area contributed by atoms with Crippen molar-refractivity contribution in [2.45, 2.75) is 31.8 Å². The molecule has 1 aromatic rings. The number of hydrogen-bond donors (Lipinski definition) is 1. The molecule has 1 heterocycles. The van der Waals surface area contributed by atoms with Crippen molar-refractivity contribution in [3.05, 3.63) is 35.4 Å². The summed E-state index contributed by atoms with van der Waals surface area (Å²) in [4.78, 5) is 24.7. The average Bonchev–Trinajstić information content (AvgIpc) is 2.47. The summed E-state index contributed by atoms with van der Waals surface area (Å²) in [5, 5.41) is 9.25. The van der Waals surface area contributed by atoms with E-state index < -0.39 is 12.0 Å². The lowest BCUT2D eigenvalue weighted by Crippen LogP contribution is -2.44. The number of esters is 1. The van der Waals surface area contributed by atoms with Crippen LogP contribution in [0, 0.1) is 0 Å². The van der Waals surface area contributed by atoms with E-state index in [2.05, 4.69) is 0 Å². The number of piperidine rings is 1. The molecule has 2 rings (SSSR count). The predicted molar refractivity (Wildman–Crippen MR) is 73.5 cm³/mol. The smallest absolute Gasteiger partial charge is 0.337 e. The van der Waals surface area contributed by atoms with Gasteiger partial charge in [0.25, 0.3) is 0 Å². The van der Waals surface area contributed by atoms with Crippen molar-refractivity contribution in [3.63, 3.8) is 0 Å². The second kappa shape index (κ2) is 6.52. The maximum atomic E-state index is 11.5. The zero-order valence-corrected chi connectivity index (χ0v) is 11.5. The lowest BCUT2D eigenvalue weighted by atomic mass is 10.0. The molecule has 0 bridgehead atoms. The van der Waals surface area contributed by atoms with Crippen molar-refractivity contribution in [2.24, 2.45) is 0 Å². The molecule has 1 aliphatic heterocycles. The Labute approximate surface area is 118 Å². The molecule has 5 heteroatoms. The van der Waals surface area contributed by atoms with Gasteiger partial charge in [-0.1, -0.05) is 18.6 Å². The fraction of sp³-hybridized carbons (Fsp3) is 0.467. The number of aliphatic carboxylic acids is 1. The second-order valence-electron chi connectivity index (χ2n) is 5.01. The number of nitrogens with zero attached hydrogens (tertiary/aromatic N) is 1. The molecule has 0 saturated carbocycles. The summed E-state index contributed by atoms with van der Waals surface area (Å²) in [7, 11) is 1.35. The fourth-order valence-corrected chi connectivity index (χ4v) is 2.61. The number of hydrogen-bond acceptors (Lipinski definition) is 4. The predicted octanol–water partition coefficient (Wildman–Crippen LogP) is 1.91. The van der Waals surface area contributed by atoms with Gasteiger partial charge in [-0.25, -0.2) is 4.79 Å². The first-order chi connectivity index (χ1) is 9.61. The number of methoxy groups -OCH3 is 1. The highest BCUT2D eigenvalue weighted by molar-refractivity contribution is 5.89. The van der Waals surface area contributed by atoms with Gasteiger partial charge in [-0.15, -0.1) is 0 Å². The van der Waals surface area contributed by atoms with Crippen LogP contribution in [-0.4, -0.2) is 41.6 Å². The molecule has 0 aliphatic carbocycles. The Kier molecular flexibility index (Phi) is 4.74. The van der Waals surface area contributed by atoms with Gasteiger partial charge in [0.2, 0.25) is 0 Å². The van der Waals surface area contributed by atoms with Crippen LogP contribution >= 0.6 is 0 Å². The SMILES string of the molecule is COC(=O)c1cccc(CN2CCCCC2C(=O)O)c1. The minimum absolute atomic E-state index is 0.375. The number of ether oxygens (including phenoxy) is 1. The Hall–Kier alpha value is -1.88. The normalized spacial score (nSPS) is 19.6. The first kappa shape index (κ1) is 14.5. The molecule has 1 saturated heterocycles. The summed E-state index contributed by atoms with van der Waals surface area (Å²) in [6, 6.07) is 6.73. The summed E-state index contributed by atoms with van der Waals surface area (Å²) in [5.74, 6) is -1.14. The van der Waals surface area contributed by atoms with Crippen LogP contribution in [0.4, 0.5) is 0 Å². The third-order valence-corrected chi connectivity index (χ3v) is 3.63. The van der Waals surface area contributed by atoms with Crippen LogP contribution in [-0.2, 0) is 16.1 Å². The molecule has 1 fully saturated rings. The topological polar surface area (TPSA) is 66.8 Å². The van der Waals surface area contributed by atoms with E-state index in [0.29, 0.717) is 18.5 Å². The van der Waals surface area contributed by atoms with Gasteiger partial charge in [-0.05, 0) is 37.1 Å². The van der Waals surface area contributed by atoms with Crippen LogP contribution in [0.1, 0.15) is 35.2 Å². The van der Waals surface area contributed by atoms with Crippen molar-refractivity contribution < 1.29 is 19.4 Å². The highest BCUT2D eigenvalue weighted by Gasteiger charge is 2.28. The van der Waals surface area contributed by atoms with Crippen LogP contribution in [0.5, 0.6) is 0 Å². The van der Waals surface area contributed by atoms with Gasteiger partial charge >= 0.3 is 11.9 Å². The van der Waals surface area contributed by atoms with Gasteiger partial charge in [0.1, 0.15) is 6.04 Å². The minimum Gasteiger partial charge on any atom is -0.480 e. The monoisotopic (exact) mass is 277 g/mol. The van der Waals surface area contributed by atoms with E-state index in [0.717, 1.165) is 24.9 Å². The fourth-order valence-electron chi connectivity index (χ4n) is 2.61. The standard InChI is InChI=1S/C15H19NO4/c1-20-15(19)12-6-4-5-11(9-12)10-16-8-3-2-7-13(16)14(17)18/h4-6,9,13H,2-3,7-8,10H2,1H3,(H,17,18). The molecule has 20 heavy (non-hydrogen) atoms. The molecule has 1 atom stereocenters. The third kappa shape index (κ3) is 3.36. The highest BCUT2D eigenvalue weighted by Crippen LogP contribution is 2.20. The lowest BCUT2D eigenvalue weighted by molar-refractivity contribution is -0.144. The molecule has 0 radical (unpaired) electrons. The van der Waals surface area contributed by atoms with Crippen molar-refractivity contribution in [1.29, 1.82) is 0 Å². The molecule has 0 amide bonds.